The van der Waals surface area contributed by atoms with Gasteiger partial charge < -0.3 is 4.43 Å². The van der Waals surface area contributed by atoms with Crippen LogP contribution in [0.25, 0.3) is 0 Å². The molecule has 0 saturated carbocycles. The lowest BCUT2D eigenvalue weighted by Gasteiger charge is -2.30. The molecule has 1 unspecified atom stereocenters. The summed E-state index contributed by atoms with van der Waals surface area (Å²) >= 11 is 0. The molecule has 0 heterocycles. The lowest BCUT2D eigenvalue weighted by molar-refractivity contribution is 0.222. The maximum Gasteiger partial charge on any atom is 0.229 e. The van der Waals surface area contributed by atoms with Crippen molar-refractivity contribution in [3.05, 3.63) is 11.8 Å². The molecular weight excluding hydrogens is 224 g/mol. The normalized spacial score (nSPS) is 23.6. The molecule has 0 radical (unpaired) electrons. The summed E-state index contributed by atoms with van der Waals surface area (Å²) in [6, 6.07) is 0. The van der Waals surface area contributed by atoms with E-state index in [0.29, 0.717) is 5.41 Å². The highest BCUT2D eigenvalue weighted by Gasteiger charge is 2.24. The van der Waals surface area contributed by atoms with Gasteiger partial charge in [0.25, 0.3) is 0 Å². The van der Waals surface area contributed by atoms with E-state index in [-0.39, 0.29) is 0 Å². The first-order valence-corrected chi connectivity index (χ1v) is 10.0. The molecule has 0 aliphatic heterocycles. The van der Waals surface area contributed by atoms with Gasteiger partial charge in [0.1, 0.15) is 0 Å². The van der Waals surface area contributed by atoms with Crippen LogP contribution in [0.4, 0.5) is 0 Å². The van der Waals surface area contributed by atoms with Gasteiger partial charge in [-0.05, 0) is 49.8 Å². The van der Waals surface area contributed by atoms with E-state index in [1.54, 1.807) is 0 Å². The Kier molecular flexibility index (Phi) is 5.77. The van der Waals surface area contributed by atoms with E-state index in [9.17, 15) is 0 Å². The highest BCUT2D eigenvalue weighted by atomic mass is 28.3. The van der Waals surface area contributed by atoms with Crippen LogP contribution in [-0.2, 0) is 4.43 Å². The molecule has 0 spiro atoms. The van der Waals surface area contributed by atoms with Gasteiger partial charge in [-0.2, -0.15) is 0 Å². The Hall–Kier alpha value is -0.243. The van der Waals surface area contributed by atoms with Gasteiger partial charge in [0, 0.05) is 6.42 Å². The third kappa shape index (κ3) is 5.76. The SMILES string of the molecule is C[SiH](C)OC1=CCC(C(C)(C)C)CCCCC1. The summed E-state index contributed by atoms with van der Waals surface area (Å²) in [7, 11) is -0.924. The largest absolute Gasteiger partial charge is 0.550 e. The molecule has 0 fully saturated rings. The monoisotopic (exact) mass is 254 g/mol. The molecule has 1 nitrogen and oxygen atoms in total. The minimum Gasteiger partial charge on any atom is -0.550 e. The lowest BCUT2D eigenvalue weighted by atomic mass is 9.76. The molecule has 1 aliphatic carbocycles. The summed E-state index contributed by atoms with van der Waals surface area (Å²) in [6.45, 7) is 11.6. The van der Waals surface area contributed by atoms with Gasteiger partial charge in [-0.1, -0.05) is 33.6 Å². The first kappa shape index (κ1) is 14.8. The van der Waals surface area contributed by atoms with E-state index in [2.05, 4.69) is 39.9 Å². The van der Waals surface area contributed by atoms with E-state index in [0.717, 1.165) is 5.92 Å². The van der Waals surface area contributed by atoms with Crippen LogP contribution in [0.15, 0.2) is 11.8 Å². The van der Waals surface area contributed by atoms with Crippen molar-refractivity contribution in [3.63, 3.8) is 0 Å². The third-order valence-electron chi connectivity index (χ3n) is 3.72. The van der Waals surface area contributed by atoms with E-state index in [1.165, 1.54) is 44.3 Å². The molecule has 0 N–H and O–H groups in total. The maximum absolute atomic E-state index is 6.04. The standard InChI is InChI=1S/C15H30OSi/c1-15(2,3)13-9-7-6-8-10-14(12-11-13)16-17(4)5/h12-13,17H,6-11H2,1-5H3. The van der Waals surface area contributed by atoms with Crippen LogP contribution < -0.4 is 0 Å². The fourth-order valence-electron chi connectivity index (χ4n) is 2.56. The lowest BCUT2D eigenvalue weighted by Crippen LogP contribution is -2.20. The third-order valence-corrected chi connectivity index (χ3v) is 4.49. The number of hydrogen-bond acceptors (Lipinski definition) is 1. The van der Waals surface area contributed by atoms with Crippen molar-refractivity contribution in [2.24, 2.45) is 11.3 Å². The second-order valence-corrected chi connectivity index (χ2v) is 9.07. The zero-order chi connectivity index (χ0) is 12.9. The summed E-state index contributed by atoms with van der Waals surface area (Å²) in [5, 5.41) is 0. The Balaban J connectivity index is 2.67. The predicted molar refractivity (Wildman–Crippen MR) is 78.7 cm³/mol. The second-order valence-electron chi connectivity index (χ2n) is 6.74. The predicted octanol–water partition coefficient (Wildman–Crippen LogP) is 4.89. The van der Waals surface area contributed by atoms with Gasteiger partial charge >= 0.3 is 0 Å². The second kappa shape index (κ2) is 6.63. The molecule has 0 aromatic heterocycles. The number of allylic oxidation sites excluding steroid dienone is 2. The average Bonchev–Trinajstić information content (AvgIpc) is 2.28. The molecule has 0 aromatic rings. The molecule has 0 amide bonds. The molecular formula is C15H30OSi. The molecule has 17 heavy (non-hydrogen) atoms. The van der Waals surface area contributed by atoms with Crippen LogP contribution in [-0.4, -0.2) is 9.04 Å². The Morgan fingerprint density at radius 3 is 2.47 bits per heavy atom. The Morgan fingerprint density at radius 1 is 1.18 bits per heavy atom. The van der Waals surface area contributed by atoms with Crippen molar-refractivity contribution >= 4 is 9.04 Å². The quantitative estimate of drug-likeness (QED) is 0.638. The van der Waals surface area contributed by atoms with Crippen LogP contribution in [0.1, 0.15) is 59.3 Å². The van der Waals surface area contributed by atoms with E-state index in [1.807, 2.05) is 0 Å². The first-order chi connectivity index (χ1) is 7.89. The van der Waals surface area contributed by atoms with Gasteiger partial charge in [-0.15, -0.1) is 0 Å². The van der Waals surface area contributed by atoms with Crippen molar-refractivity contribution in [2.45, 2.75) is 72.4 Å². The van der Waals surface area contributed by atoms with Crippen molar-refractivity contribution in [2.75, 3.05) is 0 Å². The molecule has 0 saturated heterocycles. The number of hydrogen-bond donors (Lipinski definition) is 0. The zero-order valence-corrected chi connectivity index (χ0v) is 13.5. The van der Waals surface area contributed by atoms with Gasteiger partial charge in [-0.25, -0.2) is 0 Å². The van der Waals surface area contributed by atoms with Crippen molar-refractivity contribution in [3.8, 4) is 0 Å². The Bertz CT molecular complexity index is 250. The highest BCUT2D eigenvalue weighted by molar-refractivity contribution is 6.48. The van der Waals surface area contributed by atoms with Crippen LogP contribution in [0, 0.1) is 11.3 Å². The van der Waals surface area contributed by atoms with Crippen LogP contribution in [0.5, 0.6) is 0 Å². The Morgan fingerprint density at radius 2 is 1.88 bits per heavy atom. The van der Waals surface area contributed by atoms with Crippen LogP contribution in [0.2, 0.25) is 13.1 Å². The number of rotatable bonds is 2. The Labute approximate surface area is 109 Å². The smallest absolute Gasteiger partial charge is 0.229 e. The fourth-order valence-corrected chi connectivity index (χ4v) is 3.38. The van der Waals surface area contributed by atoms with Crippen molar-refractivity contribution < 1.29 is 4.43 Å². The van der Waals surface area contributed by atoms with E-state index < -0.39 is 9.04 Å². The average molecular weight is 254 g/mol. The first-order valence-electron chi connectivity index (χ1n) is 7.25. The summed E-state index contributed by atoms with van der Waals surface area (Å²) in [6.07, 6.45) is 10.2. The molecule has 2 heteroatoms. The molecule has 0 aromatic carbocycles. The van der Waals surface area contributed by atoms with Crippen molar-refractivity contribution in [1.82, 2.24) is 0 Å². The van der Waals surface area contributed by atoms with Crippen molar-refractivity contribution in [1.29, 1.82) is 0 Å². The molecule has 100 valence electrons. The van der Waals surface area contributed by atoms with Crippen LogP contribution in [0.3, 0.4) is 0 Å². The molecule has 0 bridgehead atoms. The molecule has 1 aliphatic rings. The van der Waals surface area contributed by atoms with E-state index in [4.69, 9.17) is 4.43 Å². The maximum atomic E-state index is 6.04. The van der Waals surface area contributed by atoms with Gasteiger partial charge in [0.15, 0.2) is 0 Å². The minimum absolute atomic E-state index is 0.432. The summed E-state index contributed by atoms with van der Waals surface area (Å²) in [5.74, 6) is 2.11. The van der Waals surface area contributed by atoms with Crippen LogP contribution >= 0.6 is 0 Å². The molecule has 1 rings (SSSR count). The summed E-state index contributed by atoms with van der Waals surface area (Å²) in [4.78, 5) is 0. The summed E-state index contributed by atoms with van der Waals surface area (Å²) in [5.41, 5.74) is 0.432. The van der Waals surface area contributed by atoms with E-state index >= 15 is 0 Å². The topological polar surface area (TPSA) is 9.23 Å². The van der Waals surface area contributed by atoms with Gasteiger partial charge in [-0.3, -0.25) is 0 Å². The van der Waals surface area contributed by atoms with Gasteiger partial charge in [0.2, 0.25) is 9.04 Å². The zero-order valence-electron chi connectivity index (χ0n) is 12.4. The summed E-state index contributed by atoms with van der Waals surface area (Å²) < 4.78 is 6.04. The minimum atomic E-state index is -0.924. The fraction of sp³-hybridized carbons (Fsp3) is 0.867. The van der Waals surface area contributed by atoms with Gasteiger partial charge in [0.05, 0.1) is 5.76 Å². The molecule has 1 atom stereocenters. The highest BCUT2D eigenvalue weighted by Crippen LogP contribution is 2.35.